The maximum Gasteiger partial charge on any atom is 0.251 e. The molecule has 2 rings (SSSR count). The predicted molar refractivity (Wildman–Crippen MR) is 69.2 cm³/mol. The summed E-state index contributed by atoms with van der Waals surface area (Å²) < 4.78 is 5.33. The fourth-order valence-electron chi connectivity index (χ4n) is 1.87. The monoisotopic (exact) mass is 264 g/mol. The summed E-state index contributed by atoms with van der Waals surface area (Å²) in [5.41, 5.74) is 0.593. The van der Waals surface area contributed by atoms with Crippen LogP contribution < -0.4 is 0 Å². The van der Waals surface area contributed by atoms with Crippen molar-refractivity contribution < 1.29 is 19.7 Å². The summed E-state index contributed by atoms with van der Waals surface area (Å²) in [5.74, 6) is -0.604. The van der Waals surface area contributed by atoms with E-state index in [2.05, 4.69) is 4.99 Å². The molecule has 102 valence electrons. The van der Waals surface area contributed by atoms with Crippen LogP contribution in [0.4, 0.5) is 0 Å². The minimum absolute atomic E-state index is 0.145. The van der Waals surface area contributed by atoms with E-state index in [0.29, 0.717) is 12.1 Å². The van der Waals surface area contributed by atoms with Gasteiger partial charge in [0.05, 0.1) is 0 Å². The molecule has 6 nitrogen and oxygen atoms in total. The standard InChI is InChI=1S/C13H16N2O4/c1-3-15(2)13(18)11-12(19-7-14-11)8-4-5-9(16)10(17)6-8/h4-7,11-12,16-17H,3H2,1-2H3/t11-,12+/m0/s1. The molecule has 19 heavy (non-hydrogen) atoms. The molecule has 0 spiro atoms. The van der Waals surface area contributed by atoms with Gasteiger partial charge in [0, 0.05) is 13.6 Å². The number of nitrogens with zero attached hydrogens (tertiary/aromatic N) is 2. The van der Waals surface area contributed by atoms with E-state index in [4.69, 9.17) is 4.74 Å². The van der Waals surface area contributed by atoms with Crippen LogP contribution in [0.3, 0.4) is 0 Å². The molecular weight excluding hydrogens is 248 g/mol. The zero-order valence-corrected chi connectivity index (χ0v) is 10.8. The Hall–Kier alpha value is -2.24. The Morgan fingerprint density at radius 2 is 2.16 bits per heavy atom. The largest absolute Gasteiger partial charge is 0.504 e. The lowest BCUT2D eigenvalue weighted by Crippen LogP contribution is -2.37. The Balaban J connectivity index is 2.24. The Morgan fingerprint density at radius 1 is 1.42 bits per heavy atom. The number of phenols is 2. The number of aromatic hydroxyl groups is 2. The van der Waals surface area contributed by atoms with Crippen LogP contribution in [0.5, 0.6) is 11.5 Å². The number of aliphatic imine (C=N–C) groups is 1. The summed E-state index contributed by atoms with van der Waals surface area (Å²) in [6.07, 6.45) is 0.675. The van der Waals surface area contributed by atoms with Gasteiger partial charge in [-0.2, -0.15) is 0 Å². The smallest absolute Gasteiger partial charge is 0.251 e. The highest BCUT2D eigenvalue weighted by atomic mass is 16.5. The Morgan fingerprint density at radius 3 is 2.79 bits per heavy atom. The highest BCUT2D eigenvalue weighted by Crippen LogP contribution is 2.33. The number of phenolic OH excluding ortho intramolecular Hbond substituents is 2. The summed E-state index contributed by atoms with van der Waals surface area (Å²) in [6, 6.07) is 3.67. The molecule has 0 aromatic heterocycles. The quantitative estimate of drug-likeness (QED) is 0.799. The maximum atomic E-state index is 12.1. The number of amides is 1. The number of rotatable bonds is 3. The molecule has 0 unspecified atom stereocenters. The third-order valence-corrected chi connectivity index (χ3v) is 3.15. The van der Waals surface area contributed by atoms with Gasteiger partial charge in [-0.3, -0.25) is 4.79 Å². The SMILES string of the molecule is CCN(C)C(=O)[C@H]1N=CO[C@@H]1c1ccc(O)c(O)c1. The number of benzene rings is 1. The van der Waals surface area contributed by atoms with E-state index >= 15 is 0 Å². The zero-order chi connectivity index (χ0) is 14.0. The van der Waals surface area contributed by atoms with Crippen molar-refractivity contribution in [2.75, 3.05) is 13.6 Å². The van der Waals surface area contributed by atoms with E-state index in [-0.39, 0.29) is 17.4 Å². The minimum Gasteiger partial charge on any atom is -0.504 e. The zero-order valence-electron chi connectivity index (χ0n) is 10.8. The molecule has 0 fully saturated rings. The van der Waals surface area contributed by atoms with Gasteiger partial charge >= 0.3 is 0 Å². The van der Waals surface area contributed by atoms with Crippen molar-refractivity contribution in [1.82, 2.24) is 4.90 Å². The van der Waals surface area contributed by atoms with Crippen molar-refractivity contribution in [2.24, 2.45) is 4.99 Å². The maximum absolute atomic E-state index is 12.1. The van der Waals surface area contributed by atoms with Gasteiger partial charge in [-0.25, -0.2) is 4.99 Å². The van der Waals surface area contributed by atoms with Gasteiger partial charge in [0.2, 0.25) is 0 Å². The molecule has 0 saturated heterocycles. The second kappa shape index (κ2) is 5.17. The van der Waals surface area contributed by atoms with E-state index in [1.807, 2.05) is 6.92 Å². The summed E-state index contributed by atoms with van der Waals surface area (Å²) in [7, 11) is 1.70. The van der Waals surface area contributed by atoms with Crippen molar-refractivity contribution in [3.8, 4) is 11.5 Å². The lowest BCUT2D eigenvalue weighted by Gasteiger charge is -2.22. The molecule has 0 bridgehead atoms. The van der Waals surface area contributed by atoms with Gasteiger partial charge in [0.1, 0.15) is 0 Å². The normalized spacial score (nSPS) is 21.2. The third-order valence-electron chi connectivity index (χ3n) is 3.15. The topological polar surface area (TPSA) is 82.4 Å². The van der Waals surface area contributed by atoms with Gasteiger partial charge in [-0.15, -0.1) is 0 Å². The molecule has 1 aromatic carbocycles. The van der Waals surface area contributed by atoms with E-state index < -0.39 is 12.1 Å². The Bertz CT molecular complexity index is 515. The lowest BCUT2D eigenvalue weighted by atomic mass is 10.0. The second-order valence-corrected chi connectivity index (χ2v) is 4.36. The summed E-state index contributed by atoms with van der Waals surface area (Å²) >= 11 is 0. The first kappa shape index (κ1) is 13.2. The number of hydrogen-bond donors (Lipinski definition) is 2. The van der Waals surface area contributed by atoms with Gasteiger partial charge in [-0.1, -0.05) is 6.07 Å². The van der Waals surface area contributed by atoms with Crippen LogP contribution in [0, 0.1) is 0 Å². The summed E-state index contributed by atoms with van der Waals surface area (Å²) in [6.45, 7) is 2.46. The molecule has 2 N–H and O–H groups in total. The van der Waals surface area contributed by atoms with Gasteiger partial charge in [-0.05, 0) is 24.6 Å². The molecule has 0 radical (unpaired) electrons. The number of hydrogen-bond acceptors (Lipinski definition) is 5. The third kappa shape index (κ3) is 2.47. The number of ether oxygens (including phenoxy) is 1. The summed E-state index contributed by atoms with van der Waals surface area (Å²) in [4.78, 5) is 17.7. The van der Waals surface area contributed by atoms with Crippen LogP contribution >= 0.6 is 0 Å². The van der Waals surface area contributed by atoms with Crippen molar-refractivity contribution in [2.45, 2.75) is 19.1 Å². The van der Waals surface area contributed by atoms with Crippen molar-refractivity contribution >= 4 is 12.3 Å². The molecule has 1 amide bonds. The fourth-order valence-corrected chi connectivity index (χ4v) is 1.87. The molecule has 1 aliphatic rings. The molecule has 6 heteroatoms. The Kier molecular flexibility index (Phi) is 3.59. The van der Waals surface area contributed by atoms with E-state index in [0.717, 1.165) is 0 Å². The highest BCUT2D eigenvalue weighted by Gasteiger charge is 2.35. The summed E-state index contributed by atoms with van der Waals surface area (Å²) in [5, 5.41) is 18.8. The van der Waals surface area contributed by atoms with Gasteiger partial charge in [0.15, 0.2) is 30.0 Å². The second-order valence-electron chi connectivity index (χ2n) is 4.36. The molecule has 0 aliphatic carbocycles. The fraction of sp³-hybridized carbons (Fsp3) is 0.385. The van der Waals surface area contributed by atoms with Crippen molar-refractivity contribution in [1.29, 1.82) is 0 Å². The minimum atomic E-state index is -0.658. The highest BCUT2D eigenvalue weighted by molar-refractivity contribution is 5.85. The van der Waals surface area contributed by atoms with Gasteiger partial charge < -0.3 is 19.8 Å². The molecule has 0 saturated carbocycles. The van der Waals surface area contributed by atoms with Crippen molar-refractivity contribution in [3.05, 3.63) is 23.8 Å². The van der Waals surface area contributed by atoms with Crippen LogP contribution in [-0.2, 0) is 9.53 Å². The van der Waals surface area contributed by atoms with E-state index in [1.165, 1.54) is 18.5 Å². The Labute approximate surface area is 110 Å². The van der Waals surface area contributed by atoms with Gasteiger partial charge in [0.25, 0.3) is 5.91 Å². The number of carbonyl (C=O) groups excluding carboxylic acids is 1. The molecule has 1 heterocycles. The average Bonchev–Trinajstić information content (AvgIpc) is 2.89. The van der Waals surface area contributed by atoms with Crippen LogP contribution in [0.1, 0.15) is 18.6 Å². The van der Waals surface area contributed by atoms with Crippen LogP contribution in [-0.4, -0.2) is 47.1 Å². The predicted octanol–water partition coefficient (Wildman–Crippen LogP) is 1.04. The van der Waals surface area contributed by atoms with Crippen LogP contribution in [0.15, 0.2) is 23.2 Å². The molecule has 2 atom stereocenters. The molecule has 1 aliphatic heterocycles. The lowest BCUT2D eigenvalue weighted by molar-refractivity contribution is -0.132. The average molecular weight is 264 g/mol. The number of likely N-dealkylation sites (N-methyl/N-ethyl adjacent to an activating group) is 1. The first-order chi connectivity index (χ1) is 9.04. The van der Waals surface area contributed by atoms with Crippen molar-refractivity contribution in [3.63, 3.8) is 0 Å². The first-order valence-electron chi connectivity index (χ1n) is 5.98. The molecule has 1 aromatic rings. The van der Waals surface area contributed by atoms with Crippen LogP contribution in [0.2, 0.25) is 0 Å². The van der Waals surface area contributed by atoms with Crippen LogP contribution in [0.25, 0.3) is 0 Å². The van der Waals surface area contributed by atoms with E-state index in [9.17, 15) is 15.0 Å². The van der Waals surface area contributed by atoms with E-state index in [1.54, 1.807) is 18.0 Å². The first-order valence-corrected chi connectivity index (χ1v) is 5.98. The number of carbonyl (C=O) groups is 1. The molecular formula is C13H16N2O4.